The summed E-state index contributed by atoms with van der Waals surface area (Å²) in [6.45, 7) is 2.96. The van der Waals surface area contributed by atoms with Gasteiger partial charge in [-0.25, -0.2) is 0 Å². The summed E-state index contributed by atoms with van der Waals surface area (Å²) in [6.07, 6.45) is 4.57. The van der Waals surface area contributed by atoms with Crippen LogP contribution in [0.3, 0.4) is 0 Å². The zero-order chi connectivity index (χ0) is 9.97. The highest BCUT2D eigenvalue weighted by molar-refractivity contribution is 5.18. The molecule has 3 nitrogen and oxygen atoms in total. The number of aliphatic hydroxyl groups is 1. The molecule has 78 valence electrons. The quantitative estimate of drug-likeness (QED) is 0.756. The van der Waals surface area contributed by atoms with Gasteiger partial charge in [0.25, 0.3) is 0 Å². The van der Waals surface area contributed by atoms with Crippen molar-refractivity contribution in [2.24, 2.45) is 0 Å². The topological polar surface area (TPSA) is 45.4 Å². The first kappa shape index (κ1) is 9.74. The summed E-state index contributed by atoms with van der Waals surface area (Å²) >= 11 is 0. The number of aliphatic hydroxyl groups excluding tert-OH is 1. The number of nitrogens with one attached hydrogen (secondary N) is 1. The van der Waals surface area contributed by atoms with Gasteiger partial charge in [0, 0.05) is 6.04 Å². The average molecular weight is 195 g/mol. The Bertz CT molecular complexity index is 289. The third-order valence-corrected chi connectivity index (χ3v) is 2.90. The van der Waals surface area contributed by atoms with Gasteiger partial charge in [-0.2, -0.15) is 0 Å². The molecule has 0 bridgehead atoms. The van der Waals surface area contributed by atoms with Crippen molar-refractivity contribution >= 4 is 0 Å². The van der Waals surface area contributed by atoms with Gasteiger partial charge < -0.3 is 14.8 Å². The second-order valence-corrected chi connectivity index (χ2v) is 3.97. The van der Waals surface area contributed by atoms with E-state index in [1.165, 1.54) is 12.8 Å². The van der Waals surface area contributed by atoms with Crippen molar-refractivity contribution in [3.05, 3.63) is 23.7 Å². The molecule has 0 aliphatic carbocycles. The number of rotatable bonds is 2. The number of piperidine rings is 1. The molecular weight excluding hydrogens is 178 g/mol. The van der Waals surface area contributed by atoms with Gasteiger partial charge in [-0.3, -0.25) is 0 Å². The number of aryl methyl sites for hydroxylation is 1. The van der Waals surface area contributed by atoms with Gasteiger partial charge >= 0.3 is 0 Å². The second kappa shape index (κ2) is 4.15. The SMILES string of the molecule is Cc1ccoc1C(O)C1CCCCN1. The zero-order valence-corrected chi connectivity index (χ0v) is 8.49. The predicted octanol–water partition coefficient (Wildman–Crippen LogP) is 1.76. The minimum Gasteiger partial charge on any atom is -0.466 e. The number of hydrogen-bond donors (Lipinski definition) is 2. The highest BCUT2D eigenvalue weighted by atomic mass is 16.4. The first-order chi connectivity index (χ1) is 6.79. The molecule has 2 unspecified atom stereocenters. The second-order valence-electron chi connectivity index (χ2n) is 3.97. The van der Waals surface area contributed by atoms with E-state index in [2.05, 4.69) is 5.32 Å². The van der Waals surface area contributed by atoms with E-state index in [0.29, 0.717) is 5.76 Å². The van der Waals surface area contributed by atoms with Crippen molar-refractivity contribution < 1.29 is 9.52 Å². The van der Waals surface area contributed by atoms with E-state index in [0.717, 1.165) is 18.5 Å². The Balaban J connectivity index is 2.07. The maximum absolute atomic E-state index is 10.1. The molecule has 1 aliphatic rings. The van der Waals surface area contributed by atoms with E-state index < -0.39 is 6.10 Å². The number of hydrogen-bond acceptors (Lipinski definition) is 3. The van der Waals surface area contributed by atoms with Gasteiger partial charge in [0.2, 0.25) is 0 Å². The minimum absolute atomic E-state index is 0.161. The Kier molecular flexibility index (Phi) is 2.89. The van der Waals surface area contributed by atoms with Crippen LogP contribution in [0.1, 0.15) is 36.7 Å². The molecule has 1 aliphatic heterocycles. The summed E-state index contributed by atoms with van der Waals surface area (Å²) in [6, 6.07) is 2.05. The lowest BCUT2D eigenvalue weighted by atomic mass is 9.97. The summed E-state index contributed by atoms with van der Waals surface area (Å²) in [5.41, 5.74) is 1.03. The average Bonchev–Trinajstić information content (AvgIpc) is 2.65. The third kappa shape index (κ3) is 1.83. The Labute approximate surface area is 84.1 Å². The summed E-state index contributed by atoms with van der Waals surface area (Å²) in [5, 5.41) is 13.4. The standard InChI is InChI=1S/C11H17NO2/c1-8-5-7-14-11(8)10(13)9-4-2-3-6-12-9/h5,7,9-10,12-13H,2-4,6H2,1H3. The lowest BCUT2D eigenvalue weighted by Crippen LogP contribution is -2.38. The summed E-state index contributed by atoms with van der Waals surface area (Å²) in [7, 11) is 0. The smallest absolute Gasteiger partial charge is 0.136 e. The van der Waals surface area contributed by atoms with Gasteiger partial charge in [0.15, 0.2) is 0 Å². The van der Waals surface area contributed by atoms with E-state index in [9.17, 15) is 5.11 Å². The molecule has 1 fully saturated rings. The van der Waals surface area contributed by atoms with E-state index >= 15 is 0 Å². The Morgan fingerprint density at radius 1 is 1.57 bits per heavy atom. The molecular formula is C11H17NO2. The molecule has 1 saturated heterocycles. The van der Waals surface area contributed by atoms with Gasteiger partial charge in [0.1, 0.15) is 11.9 Å². The van der Waals surface area contributed by atoms with Crippen LogP contribution in [0.4, 0.5) is 0 Å². The van der Waals surface area contributed by atoms with Crippen LogP contribution in [0.15, 0.2) is 16.7 Å². The van der Waals surface area contributed by atoms with Gasteiger partial charge in [-0.1, -0.05) is 6.42 Å². The van der Waals surface area contributed by atoms with E-state index in [4.69, 9.17) is 4.42 Å². The van der Waals surface area contributed by atoms with E-state index in [1.54, 1.807) is 6.26 Å². The summed E-state index contributed by atoms with van der Waals surface area (Å²) in [4.78, 5) is 0. The molecule has 2 N–H and O–H groups in total. The van der Waals surface area contributed by atoms with Crippen LogP contribution >= 0.6 is 0 Å². The van der Waals surface area contributed by atoms with Crippen LogP contribution < -0.4 is 5.32 Å². The molecule has 0 spiro atoms. The largest absolute Gasteiger partial charge is 0.466 e. The molecule has 0 saturated carbocycles. The van der Waals surface area contributed by atoms with Gasteiger partial charge in [-0.05, 0) is 37.9 Å². The fourth-order valence-corrected chi connectivity index (χ4v) is 2.02. The van der Waals surface area contributed by atoms with Crippen molar-refractivity contribution in [3.63, 3.8) is 0 Å². The van der Waals surface area contributed by atoms with E-state index in [1.807, 2.05) is 13.0 Å². The van der Waals surface area contributed by atoms with Crippen LogP contribution in [0.25, 0.3) is 0 Å². The Hall–Kier alpha value is -0.800. The molecule has 1 aromatic heterocycles. The zero-order valence-electron chi connectivity index (χ0n) is 8.49. The maximum atomic E-state index is 10.1. The van der Waals surface area contributed by atoms with Crippen LogP contribution in [0.5, 0.6) is 0 Å². The first-order valence-corrected chi connectivity index (χ1v) is 5.24. The van der Waals surface area contributed by atoms with Crippen molar-refractivity contribution in [2.45, 2.75) is 38.3 Å². The molecule has 0 amide bonds. The van der Waals surface area contributed by atoms with Crippen molar-refractivity contribution in [2.75, 3.05) is 6.54 Å². The molecule has 0 radical (unpaired) electrons. The molecule has 1 aromatic rings. The van der Waals surface area contributed by atoms with Crippen molar-refractivity contribution in [1.82, 2.24) is 5.32 Å². The molecule has 14 heavy (non-hydrogen) atoms. The Morgan fingerprint density at radius 2 is 2.43 bits per heavy atom. The minimum atomic E-state index is -0.495. The number of furan rings is 1. The van der Waals surface area contributed by atoms with Crippen LogP contribution in [-0.2, 0) is 0 Å². The fourth-order valence-electron chi connectivity index (χ4n) is 2.02. The summed E-state index contributed by atoms with van der Waals surface area (Å²) in [5.74, 6) is 0.712. The molecule has 3 heteroatoms. The monoisotopic (exact) mass is 195 g/mol. The Morgan fingerprint density at radius 3 is 3.00 bits per heavy atom. The van der Waals surface area contributed by atoms with Crippen LogP contribution in [0.2, 0.25) is 0 Å². The lowest BCUT2D eigenvalue weighted by Gasteiger charge is -2.27. The van der Waals surface area contributed by atoms with Crippen molar-refractivity contribution in [1.29, 1.82) is 0 Å². The van der Waals surface area contributed by atoms with Gasteiger partial charge in [0.05, 0.1) is 6.26 Å². The van der Waals surface area contributed by atoms with E-state index in [-0.39, 0.29) is 6.04 Å². The highest BCUT2D eigenvalue weighted by Crippen LogP contribution is 2.25. The van der Waals surface area contributed by atoms with Gasteiger partial charge in [-0.15, -0.1) is 0 Å². The lowest BCUT2D eigenvalue weighted by molar-refractivity contribution is 0.0917. The van der Waals surface area contributed by atoms with Crippen LogP contribution in [0, 0.1) is 6.92 Å². The molecule has 2 rings (SSSR count). The molecule has 2 atom stereocenters. The highest BCUT2D eigenvalue weighted by Gasteiger charge is 2.25. The first-order valence-electron chi connectivity index (χ1n) is 5.24. The fraction of sp³-hybridized carbons (Fsp3) is 0.636. The normalized spacial score (nSPS) is 24.9. The summed E-state index contributed by atoms with van der Waals surface area (Å²) < 4.78 is 5.29. The molecule has 0 aromatic carbocycles. The predicted molar refractivity (Wildman–Crippen MR) is 54.0 cm³/mol. The van der Waals surface area contributed by atoms with Crippen LogP contribution in [-0.4, -0.2) is 17.7 Å². The third-order valence-electron chi connectivity index (χ3n) is 2.90. The maximum Gasteiger partial charge on any atom is 0.136 e. The van der Waals surface area contributed by atoms with Crippen molar-refractivity contribution in [3.8, 4) is 0 Å². The molecule has 2 heterocycles.